The van der Waals surface area contributed by atoms with Crippen LogP contribution in [0.5, 0.6) is 11.5 Å². The van der Waals surface area contributed by atoms with E-state index in [2.05, 4.69) is 10.2 Å². The van der Waals surface area contributed by atoms with E-state index in [0.29, 0.717) is 32.8 Å². The van der Waals surface area contributed by atoms with Gasteiger partial charge in [-0.2, -0.15) is 0 Å². The third-order valence-corrected chi connectivity index (χ3v) is 5.13. The molecule has 2 amide bonds. The third-order valence-electron chi connectivity index (χ3n) is 4.81. The Labute approximate surface area is 163 Å². The normalized spacial score (nSPS) is 16.2. The lowest BCUT2D eigenvalue weighted by molar-refractivity contribution is 0.171. The molecule has 2 aliphatic rings. The lowest BCUT2D eigenvalue weighted by Gasteiger charge is -2.36. The molecule has 2 heterocycles. The largest absolute Gasteiger partial charge is 0.486 e. The van der Waals surface area contributed by atoms with Crippen molar-refractivity contribution in [3.8, 4) is 11.5 Å². The minimum Gasteiger partial charge on any atom is -0.486 e. The predicted molar refractivity (Wildman–Crippen MR) is 105 cm³/mol. The van der Waals surface area contributed by atoms with Crippen molar-refractivity contribution in [3.05, 3.63) is 53.1 Å². The van der Waals surface area contributed by atoms with Crippen LogP contribution in [0.25, 0.3) is 0 Å². The van der Waals surface area contributed by atoms with E-state index in [1.807, 2.05) is 47.4 Å². The molecule has 6 nitrogen and oxygen atoms in total. The van der Waals surface area contributed by atoms with Gasteiger partial charge in [0.2, 0.25) is 0 Å². The fourth-order valence-electron chi connectivity index (χ4n) is 3.35. The molecule has 2 aliphatic heterocycles. The molecule has 0 bridgehead atoms. The third kappa shape index (κ3) is 4.06. The molecule has 1 N–H and O–H groups in total. The highest BCUT2D eigenvalue weighted by molar-refractivity contribution is 6.33. The van der Waals surface area contributed by atoms with Crippen LogP contribution < -0.4 is 19.7 Å². The number of nitrogens with zero attached hydrogens (tertiary/aromatic N) is 2. The molecule has 0 saturated carbocycles. The van der Waals surface area contributed by atoms with Gasteiger partial charge in [-0.25, -0.2) is 4.79 Å². The van der Waals surface area contributed by atoms with E-state index in [1.165, 1.54) is 0 Å². The summed E-state index contributed by atoms with van der Waals surface area (Å²) in [4.78, 5) is 16.5. The van der Waals surface area contributed by atoms with E-state index in [0.717, 1.165) is 40.9 Å². The molecule has 0 atom stereocenters. The molecule has 7 heteroatoms. The van der Waals surface area contributed by atoms with E-state index in [1.54, 1.807) is 0 Å². The topological polar surface area (TPSA) is 54.0 Å². The molecule has 0 aromatic heterocycles. The summed E-state index contributed by atoms with van der Waals surface area (Å²) in [7, 11) is 0. The Hall–Kier alpha value is -2.60. The lowest BCUT2D eigenvalue weighted by Crippen LogP contribution is -2.51. The molecule has 2 aromatic rings. The molecule has 2 aromatic carbocycles. The summed E-state index contributed by atoms with van der Waals surface area (Å²) in [5.74, 6) is 1.49. The standard InChI is InChI=1S/C20H22ClN3O3/c21-16-3-1-2-4-17(16)23-7-9-24(10-8-23)20(25)22-14-15-5-6-18-19(13-15)27-12-11-26-18/h1-6,13H,7-12,14H2,(H,22,25). The summed E-state index contributed by atoms with van der Waals surface area (Å²) < 4.78 is 11.1. The molecule has 0 spiro atoms. The molecule has 27 heavy (non-hydrogen) atoms. The van der Waals surface area contributed by atoms with Crippen LogP contribution in [-0.4, -0.2) is 50.3 Å². The zero-order valence-electron chi connectivity index (χ0n) is 15.0. The molecule has 0 unspecified atom stereocenters. The smallest absolute Gasteiger partial charge is 0.317 e. The number of rotatable bonds is 3. The van der Waals surface area contributed by atoms with E-state index < -0.39 is 0 Å². The van der Waals surface area contributed by atoms with Crippen LogP contribution in [0, 0.1) is 0 Å². The second-order valence-corrected chi connectivity index (χ2v) is 6.97. The second-order valence-electron chi connectivity index (χ2n) is 6.56. The molecule has 4 rings (SSSR count). The van der Waals surface area contributed by atoms with Crippen molar-refractivity contribution >= 4 is 23.3 Å². The van der Waals surface area contributed by atoms with Crippen molar-refractivity contribution in [2.75, 3.05) is 44.3 Å². The molecular weight excluding hydrogens is 366 g/mol. The summed E-state index contributed by atoms with van der Waals surface area (Å²) in [6, 6.07) is 13.5. The van der Waals surface area contributed by atoms with Crippen LogP contribution in [0.2, 0.25) is 5.02 Å². The van der Waals surface area contributed by atoms with Crippen LogP contribution >= 0.6 is 11.6 Å². The first-order chi connectivity index (χ1) is 13.2. The summed E-state index contributed by atoms with van der Waals surface area (Å²) in [6.07, 6.45) is 0. The van der Waals surface area contributed by atoms with Crippen molar-refractivity contribution < 1.29 is 14.3 Å². The van der Waals surface area contributed by atoms with E-state index in [4.69, 9.17) is 21.1 Å². The fourth-order valence-corrected chi connectivity index (χ4v) is 3.60. The summed E-state index contributed by atoms with van der Waals surface area (Å²) in [6.45, 7) is 4.45. The van der Waals surface area contributed by atoms with E-state index in [-0.39, 0.29) is 6.03 Å². The number of hydrogen-bond donors (Lipinski definition) is 1. The number of hydrogen-bond acceptors (Lipinski definition) is 4. The summed E-state index contributed by atoms with van der Waals surface area (Å²) >= 11 is 6.27. The number of fused-ring (bicyclic) bond motifs is 1. The zero-order valence-corrected chi connectivity index (χ0v) is 15.7. The van der Waals surface area contributed by atoms with Gasteiger partial charge in [0.05, 0.1) is 10.7 Å². The van der Waals surface area contributed by atoms with Crippen molar-refractivity contribution in [2.45, 2.75) is 6.54 Å². The van der Waals surface area contributed by atoms with Crippen LogP contribution in [0.15, 0.2) is 42.5 Å². The van der Waals surface area contributed by atoms with Gasteiger partial charge in [-0.05, 0) is 29.8 Å². The van der Waals surface area contributed by atoms with Gasteiger partial charge < -0.3 is 24.6 Å². The van der Waals surface area contributed by atoms with Crippen molar-refractivity contribution in [3.63, 3.8) is 0 Å². The maximum absolute atomic E-state index is 12.5. The molecule has 0 aliphatic carbocycles. The Morgan fingerprint density at radius 3 is 2.52 bits per heavy atom. The van der Waals surface area contributed by atoms with Gasteiger partial charge in [-0.15, -0.1) is 0 Å². The van der Waals surface area contributed by atoms with Crippen molar-refractivity contribution in [1.29, 1.82) is 0 Å². The lowest BCUT2D eigenvalue weighted by atomic mass is 10.2. The quantitative estimate of drug-likeness (QED) is 0.879. The van der Waals surface area contributed by atoms with Crippen LogP contribution in [-0.2, 0) is 6.54 Å². The molecular formula is C20H22ClN3O3. The number of amides is 2. The zero-order chi connectivity index (χ0) is 18.6. The van der Waals surface area contributed by atoms with Gasteiger partial charge in [0.25, 0.3) is 0 Å². The van der Waals surface area contributed by atoms with Gasteiger partial charge in [-0.1, -0.05) is 29.8 Å². The van der Waals surface area contributed by atoms with Crippen LogP contribution in [0.3, 0.4) is 0 Å². The monoisotopic (exact) mass is 387 g/mol. The average Bonchev–Trinajstić information content (AvgIpc) is 2.72. The van der Waals surface area contributed by atoms with Gasteiger partial charge in [-0.3, -0.25) is 0 Å². The number of carbonyl (C=O) groups excluding carboxylic acids is 1. The predicted octanol–water partition coefficient (Wildman–Crippen LogP) is 3.14. The minimum absolute atomic E-state index is 0.0521. The highest BCUT2D eigenvalue weighted by Crippen LogP contribution is 2.30. The van der Waals surface area contributed by atoms with Gasteiger partial charge in [0.1, 0.15) is 13.2 Å². The number of carbonyl (C=O) groups is 1. The van der Waals surface area contributed by atoms with Crippen LogP contribution in [0.1, 0.15) is 5.56 Å². The van der Waals surface area contributed by atoms with E-state index >= 15 is 0 Å². The number of anilines is 1. The Balaban J connectivity index is 1.29. The number of piperazine rings is 1. The van der Waals surface area contributed by atoms with Gasteiger partial charge in [0, 0.05) is 32.7 Å². The number of para-hydroxylation sites is 1. The summed E-state index contributed by atoms with van der Waals surface area (Å²) in [5.41, 5.74) is 2.01. The molecule has 1 saturated heterocycles. The first-order valence-corrected chi connectivity index (χ1v) is 9.49. The van der Waals surface area contributed by atoms with Gasteiger partial charge in [0.15, 0.2) is 11.5 Å². The number of urea groups is 1. The van der Waals surface area contributed by atoms with Crippen molar-refractivity contribution in [2.24, 2.45) is 0 Å². The molecule has 1 fully saturated rings. The number of nitrogens with one attached hydrogen (secondary N) is 1. The fraction of sp³-hybridized carbons (Fsp3) is 0.350. The van der Waals surface area contributed by atoms with E-state index in [9.17, 15) is 4.79 Å². The first-order valence-electron chi connectivity index (χ1n) is 9.11. The highest BCUT2D eigenvalue weighted by atomic mass is 35.5. The Morgan fingerprint density at radius 1 is 1.00 bits per heavy atom. The summed E-state index contributed by atoms with van der Waals surface area (Å²) in [5, 5.41) is 3.73. The van der Waals surface area contributed by atoms with Crippen LogP contribution in [0.4, 0.5) is 10.5 Å². The maximum atomic E-state index is 12.5. The Bertz CT molecular complexity index is 822. The van der Waals surface area contributed by atoms with Gasteiger partial charge >= 0.3 is 6.03 Å². The minimum atomic E-state index is -0.0521. The maximum Gasteiger partial charge on any atom is 0.317 e. The molecule has 0 radical (unpaired) electrons. The second kappa shape index (κ2) is 7.96. The first kappa shape index (κ1) is 17.8. The Morgan fingerprint density at radius 2 is 1.74 bits per heavy atom. The number of benzene rings is 2. The number of ether oxygens (including phenoxy) is 2. The van der Waals surface area contributed by atoms with Crippen molar-refractivity contribution in [1.82, 2.24) is 10.2 Å². The highest BCUT2D eigenvalue weighted by Gasteiger charge is 2.22. The molecule has 142 valence electrons. The number of halogens is 1. The SMILES string of the molecule is O=C(NCc1ccc2c(c1)OCCO2)N1CCN(c2ccccc2Cl)CC1. The Kier molecular flexibility index (Phi) is 5.25. The average molecular weight is 388 g/mol.